The van der Waals surface area contributed by atoms with Gasteiger partial charge in [0.2, 0.25) is 11.8 Å². The van der Waals surface area contributed by atoms with Gasteiger partial charge >= 0.3 is 0 Å². The third-order valence-electron chi connectivity index (χ3n) is 3.25. The molecule has 0 radical (unpaired) electrons. The van der Waals surface area contributed by atoms with Crippen molar-refractivity contribution in [3.8, 4) is 11.3 Å². The zero-order valence-electron chi connectivity index (χ0n) is 10.8. The second-order valence-electron chi connectivity index (χ2n) is 4.58. The van der Waals surface area contributed by atoms with Gasteiger partial charge in [-0.15, -0.1) is 0 Å². The minimum Gasteiger partial charge on any atom is -0.338 e. The molecule has 1 N–H and O–H groups in total. The average molecular weight is 276 g/mol. The Balaban J connectivity index is 2.03. The van der Waals surface area contributed by atoms with E-state index in [0.29, 0.717) is 18.7 Å². The predicted octanol–water partition coefficient (Wildman–Crippen LogP) is 1.83. The van der Waals surface area contributed by atoms with Gasteiger partial charge in [0.1, 0.15) is 5.69 Å². The highest BCUT2D eigenvalue weighted by atomic mass is 19.2. The molecule has 20 heavy (non-hydrogen) atoms. The van der Waals surface area contributed by atoms with Crippen LogP contribution in [-0.4, -0.2) is 36.1 Å². The summed E-state index contributed by atoms with van der Waals surface area (Å²) in [5, 5.41) is 3.19. The monoisotopic (exact) mass is 276 g/mol. The number of benzene rings is 1. The Morgan fingerprint density at radius 1 is 1.00 bits per heavy atom. The van der Waals surface area contributed by atoms with Gasteiger partial charge in [-0.05, 0) is 0 Å². The van der Waals surface area contributed by atoms with Crippen LogP contribution in [0, 0.1) is 11.8 Å². The molecule has 4 nitrogen and oxygen atoms in total. The summed E-state index contributed by atoms with van der Waals surface area (Å²) in [7, 11) is 0. The maximum absolute atomic E-state index is 13.9. The van der Waals surface area contributed by atoms with Gasteiger partial charge in [-0.1, -0.05) is 30.3 Å². The van der Waals surface area contributed by atoms with Crippen molar-refractivity contribution in [1.29, 1.82) is 0 Å². The smallest absolute Gasteiger partial charge is 0.254 e. The Bertz CT molecular complexity index is 598. The lowest BCUT2D eigenvalue weighted by Crippen LogP contribution is -2.44. The molecule has 0 bridgehead atoms. The van der Waals surface area contributed by atoms with Crippen molar-refractivity contribution in [2.24, 2.45) is 0 Å². The summed E-state index contributed by atoms with van der Waals surface area (Å²) in [6.45, 7) is 2.92. The van der Waals surface area contributed by atoms with Gasteiger partial charge < -0.3 is 10.2 Å². The van der Waals surface area contributed by atoms with Crippen LogP contribution in [0.3, 0.4) is 0 Å². The SMILES string of the molecule is Fc1nc(N2CCNCC2)nc(-c2ccccc2)c1F. The van der Waals surface area contributed by atoms with Gasteiger partial charge in [-0.25, -0.2) is 4.98 Å². The van der Waals surface area contributed by atoms with Crippen molar-refractivity contribution in [1.82, 2.24) is 15.3 Å². The predicted molar refractivity (Wildman–Crippen MR) is 72.5 cm³/mol. The molecule has 1 aromatic heterocycles. The van der Waals surface area contributed by atoms with E-state index in [1.807, 2.05) is 11.0 Å². The van der Waals surface area contributed by atoms with E-state index in [0.717, 1.165) is 13.1 Å². The molecule has 0 unspecified atom stereocenters. The van der Waals surface area contributed by atoms with E-state index >= 15 is 0 Å². The Morgan fingerprint density at radius 2 is 1.70 bits per heavy atom. The van der Waals surface area contributed by atoms with Crippen LogP contribution < -0.4 is 10.2 Å². The lowest BCUT2D eigenvalue weighted by Gasteiger charge is -2.27. The van der Waals surface area contributed by atoms with Crippen LogP contribution in [0.5, 0.6) is 0 Å². The number of rotatable bonds is 2. The first kappa shape index (κ1) is 12.9. The second-order valence-corrected chi connectivity index (χ2v) is 4.58. The standard InChI is InChI=1S/C14H14F2N4/c15-11-12(10-4-2-1-3-5-10)18-14(19-13(11)16)20-8-6-17-7-9-20/h1-5,17H,6-9H2. The Morgan fingerprint density at radius 3 is 2.40 bits per heavy atom. The first-order chi connectivity index (χ1) is 9.75. The highest BCUT2D eigenvalue weighted by Gasteiger charge is 2.20. The van der Waals surface area contributed by atoms with Crippen LogP contribution >= 0.6 is 0 Å². The van der Waals surface area contributed by atoms with E-state index in [1.165, 1.54) is 0 Å². The van der Waals surface area contributed by atoms with E-state index in [-0.39, 0.29) is 11.6 Å². The minimum atomic E-state index is -1.10. The quantitative estimate of drug-likeness (QED) is 0.850. The molecule has 1 aliphatic heterocycles. The van der Waals surface area contributed by atoms with Crippen molar-refractivity contribution in [3.05, 3.63) is 42.1 Å². The van der Waals surface area contributed by atoms with Crippen molar-refractivity contribution in [2.75, 3.05) is 31.1 Å². The van der Waals surface area contributed by atoms with Gasteiger partial charge in [0.05, 0.1) is 0 Å². The van der Waals surface area contributed by atoms with Crippen molar-refractivity contribution in [2.45, 2.75) is 0 Å². The molecule has 0 amide bonds. The van der Waals surface area contributed by atoms with Crippen molar-refractivity contribution in [3.63, 3.8) is 0 Å². The summed E-state index contributed by atoms with van der Waals surface area (Å²) in [5.41, 5.74) is 0.550. The third kappa shape index (κ3) is 2.46. The highest BCUT2D eigenvalue weighted by molar-refractivity contribution is 5.61. The fourth-order valence-electron chi connectivity index (χ4n) is 2.20. The van der Waals surface area contributed by atoms with Gasteiger partial charge in [0.25, 0.3) is 5.95 Å². The normalized spacial score (nSPS) is 15.4. The molecule has 0 saturated carbocycles. The number of nitrogens with zero attached hydrogens (tertiary/aromatic N) is 3. The first-order valence-corrected chi connectivity index (χ1v) is 6.50. The summed E-state index contributed by atoms with van der Waals surface area (Å²) in [6.07, 6.45) is 0. The van der Waals surface area contributed by atoms with E-state index in [1.54, 1.807) is 24.3 Å². The molecule has 6 heteroatoms. The molecule has 1 aliphatic rings. The van der Waals surface area contributed by atoms with E-state index in [2.05, 4.69) is 15.3 Å². The van der Waals surface area contributed by atoms with Crippen LogP contribution in [0.15, 0.2) is 30.3 Å². The molecule has 2 aromatic rings. The van der Waals surface area contributed by atoms with Gasteiger partial charge in [-0.2, -0.15) is 13.8 Å². The number of hydrogen-bond donors (Lipinski definition) is 1. The van der Waals surface area contributed by atoms with E-state index in [9.17, 15) is 8.78 Å². The number of anilines is 1. The van der Waals surface area contributed by atoms with Crippen LogP contribution in [0.25, 0.3) is 11.3 Å². The molecule has 0 aliphatic carbocycles. The van der Waals surface area contributed by atoms with Gasteiger partial charge in [0, 0.05) is 31.7 Å². The van der Waals surface area contributed by atoms with Crippen molar-refractivity contribution < 1.29 is 8.78 Å². The number of halogens is 2. The zero-order valence-corrected chi connectivity index (χ0v) is 10.8. The third-order valence-corrected chi connectivity index (χ3v) is 3.25. The van der Waals surface area contributed by atoms with Crippen LogP contribution in [-0.2, 0) is 0 Å². The molecular weight excluding hydrogens is 262 g/mol. The molecule has 0 atom stereocenters. The Kier molecular flexibility index (Phi) is 3.56. The number of piperazine rings is 1. The first-order valence-electron chi connectivity index (χ1n) is 6.50. The Labute approximate surface area is 115 Å². The Hall–Kier alpha value is -2.08. The molecule has 3 rings (SSSR count). The summed E-state index contributed by atoms with van der Waals surface area (Å²) in [5.74, 6) is -1.87. The molecule has 1 saturated heterocycles. The maximum atomic E-state index is 13.9. The zero-order chi connectivity index (χ0) is 13.9. The number of aromatic nitrogens is 2. The van der Waals surface area contributed by atoms with E-state index in [4.69, 9.17) is 0 Å². The summed E-state index contributed by atoms with van der Waals surface area (Å²) < 4.78 is 27.6. The van der Waals surface area contributed by atoms with Crippen molar-refractivity contribution >= 4 is 5.95 Å². The molecule has 1 fully saturated rings. The largest absolute Gasteiger partial charge is 0.338 e. The topological polar surface area (TPSA) is 41.1 Å². The number of hydrogen-bond acceptors (Lipinski definition) is 4. The number of nitrogens with one attached hydrogen (secondary N) is 1. The van der Waals surface area contributed by atoms with Crippen LogP contribution in [0.4, 0.5) is 14.7 Å². The summed E-state index contributed by atoms with van der Waals surface area (Å²) >= 11 is 0. The van der Waals surface area contributed by atoms with Crippen LogP contribution in [0.2, 0.25) is 0 Å². The minimum absolute atomic E-state index is 0.00614. The summed E-state index contributed by atoms with van der Waals surface area (Å²) in [4.78, 5) is 9.68. The fraction of sp³-hybridized carbons (Fsp3) is 0.286. The second kappa shape index (κ2) is 5.50. The lowest BCUT2D eigenvalue weighted by molar-refractivity contribution is 0.472. The highest BCUT2D eigenvalue weighted by Crippen LogP contribution is 2.24. The summed E-state index contributed by atoms with van der Waals surface area (Å²) in [6, 6.07) is 8.74. The van der Waals surface area contributed by atoms with Crippen LogP contribution in [0.1, 0.15) is 0 Å². The van der Waals surface area contributed by atoms with Gasteiger partial charge in [-0.3, -0.25) is 0 Å². The molecule has 104 valence electrons. The average Bonchev–Trinajstić information content (AvgIpc) is 2.51. The molecule has 0 spiro atoms. The molecule has 2 heterocycles. The molecule has 1 aromatic carbocycles. The lowest BCUT2D eigenvalue weighted by atomic mass is 10.1. The van der Waals surface area contributed by atoms with Gasteiger partial charge in [0.15, 0.2) is 0 Å². The molecular formula is C14H14F2N4. The maximum Gasteiger partial charge on any atom is 0.254 e. The van der Waals surface area contributed by atoms with E-state index < -0.39 is 11.8 Å². The fourth-order valence-corrected chi connectivity index (χ4v) is 2.20.